The Morgan fingerprint density at radius 2 is 2.29 bits per heavy atom. The van der Waals surface area contributed by atoms with E-state index in [0.717, 1.165) is 25.1 Å². The maximum absolute atomic E-state index is 11.6. The minimum Gasteiger partial charge on any atom is -0.334 e. The second-order valence-corrected chi connectivity index (χ2v) is 4.44. The van der Waals surface area contributed by atoms with Gasteiger partial charge in [-0.15, -0.1) is 0 Å². The molecule has 1 aromatic carbocycles. The Morgan fingerprint density at radius 1 is 1.47 bits per heavy atom. The van der Waals surface area contributed by atoms with Crippen LogP contribution < -0.4 is 16.0 Å². The first-order valence-corrected chi connectivity index (χ1v) is 6.05. The summed E-state index contributed by atoms with van der Waals surface area (Å²) >= 11 is 0. The molecule has 2 rings (SSSR count). The standard InChI is InChI=1S/C13H19N3O/c1-10-4-2-3-5-11(10)8-15-13(17)16-12-6-7-14-9-12/h2-5,12,14H,6-9H2,1H3,(H2,15,16,17). The van der Waals surface area contributed by atoms with E-state index in [1.165, 1.54) is 5.56 Å². The van der Waals surface area contributed by atoms with E-state index >= 15 is 0 Å². The van der Waals surface area contributed by atoms with Gasteiger partial charge in [0.1, 0.15) is 0 Å². The van der Waals surface area contributed by atoms with Crippen molar-refractivity contribution in [3.05, 3.63) is 35.4 Å². The lowest BCUT2D eigenvalue weighted by atomic mass is 10.1. The van der Waals surface area contributed by atoms with Gasteiger partial charge in [-0.25, -0.2) is 4.79 Å². The molecule has 0 aliphatic carbocycles. The summed E-state index contributed by atoms with van der Waals surface area (Å²) in [7, 11) is 0. The Balaban J connectivity index is 1.77. The molecule has 1 unspecified atom stereocenters. The third-order valence-electron chi connectivity index (χ3n) is 3.10. The number of carbonyl (C=O) groups is 1. The second kappa shape index (κ2) is 5.68. The molecule has 1 heterocycles. The SMILES string of the molecule is Cc1ccccc1CNC(=O)NC1CCNC1. The summed E-state index contributed by atoms with van der Waals surface area (Å²) in [5.41, 5.74) is 2.36. The maximum atomic E-state index is 11.6. The van der Waals surface area contributed by atoms with Gasteiger partial charge < -0.3 is 16.0 Å². The van der Waals surface area contributed by atoms with Gasteiger partial charge in [-0.05, 0) is 31.0 Å². The van der Waals surface area contributed by atoms with Crippen LogP contribution in [0.5, 0.6) is 0 Å². The molecule has 4 heteroatoms. The van der Waals surface area contributed by atoms with Crippen LogP contribution in [-0.4, -0.2) is 25.2 Å². The average Bonchev–Trinajstić information content (AvgIpc) is 2.81. The molecule has 1 atom stereocenters. The molecule has 0 aromatic heterocycles. The van der Waals surface area contributed by atoms with Crippen LogP contribution in [0.15, 0.2) is 24.3 Å². The van der Waals surface area contributed by atoms with Gasteiger partial charge in [0.05, 0.1) is 0 Å². The average molecular weight is 233 g/mol. The minimum absolute atomic E-state index is 0.0815. The maximum Gasteiger partial charge on any atom is 0.315 e. The predicted octanol–water partition coefficient (Wildman–Crippen LogP) is 1.16. The van der Waals surface area contributed by atoms with E-state index in [0.29, 0.717) is 6.54 Å². The van der Waals surface area contributed by atoms with E-state index in [1.807, 2.05) is 18.2 Å². The van der Waals surface area contributed by atoms with Crippen molar-refractivity contribution in [1.82, 2.24) is 16.0 Å². The normalized spacial score (nSPS) is 19.0. The summed E-state index contributed by atoms with van der Waals surface area (Å²) in [5, 5.41) is 9.06. The molecule has 0 bridgehead atoms. The quantitative estimate of drug-likeness (QED) is 0.733. The van der Waals surface area contributed by atoms with Crippen molar-refractivity contribution >= 4 is 6.03 Å². The summed E-state index contributed by atoms with van der Waals surface area (Å²) in [5.74, 6) is 0. The number of urea groups is 1. The Morgan fingerprint density at radius 3 is 3.00 bits per heavy atom. The van der Waals surface area contributed by atoms with Crippen LogP contribution in [0.3, 0.4) is 0 Å². The summed E-state index contributed by atoms with van der Waals surface area (Å²) in [6.45, 7) is 4.50. The predicted molar refractivity (Wildman–Crippen MR) is 67.8 cm³/mol. The first-order valence-electron chi connectivity index (χ1n) is 6.05. The molecule has 17 heavy (non-hydrogen) atoms. The molecule has 1 fully saturated rings. The highest BCUT2D eigenvalue weighted by atomic mass is 16.2. The van der Waals surface area contributed by atoms with Gasteiger partial charge in [0.2, 0.25) is 0 Å². The molecule has 4 nitrogen and oxygen atoms in total. The van der Waals surface area contributed by atoms with Crippen molar-refractivity contribution in [2.75, 3.05) is 13.1 Å². The third-order valence-corrected chi connectivity index (χ3v) is 3.10. The summed E-state index contributed by atoms with van der Waals surface area (Å²) < 4.78 is 0. The molecule has 3 N–H and O–H groups in total. The van der Waals surface area contributed by atoms with Crippen LogP contribution in [0.1, 0.15) is 17.5 Å². The fourth-order valence-electron chi connectivity index (χ4n) is 2.00. The molecule has 2 amide bonds. The number of hydrogen-bond acceptors (Lipinski definition) is 2. The van der Waals surface area contributed by atoms with Crippen molar-refractivity contribution in [3.63, 3.8) is 0 Å². The Hall–Kier alpha value is -1.55. The number of benzene rings is 1. The molecular formula is C13H19N3O. The molecule has 1 aromatic rings. The van der Waals surface area contributed by atoms with Gasteiger partial charge in [0.15, 0.2) is 0 Å². The van der Waals surface area contributed by atoms with Gasteiger partial charge in [-0.2, -0.15) is 0 Å². The monoisotopic (exact) mass is 233 g/mol. The lowest BCUT2D eigenvalue weighted by molar-refractivity contribution is 0.237. The van der Waals surface area contributed by atoms with E-state index < -0.39 is 0 Å². The molecular weight excluding hydrogens is 214 g/mol. The first-order chi connectivity index (χ1) is 8.25. The fourth-order valence-corrected chi connectivity index (χ4v) is 2.00. The number of nitrogens with one attached hydrogen (secondary N) is 3. The summed E-state index contributed by atoms with van der Waals surface area (Å²) in [6, 6.07) is 8.27. The van der Waals surface area contributed by atoms with Crippen LogP contribution in [-0.2, 0) is 6.54 Å². The number of rotatable bonds is 3. The molecule has 0 saturated carbocycles. The molecule has 1 aliphatic heterocycles. The molecule has 92 valence electrons. The largest absolute Gasteiger partial charge is 0.334 e. The van der Waals surface area contributed by atoms with Crippen molar-refractivity contribution in [2.24, 2.45) is 0 Å². The van der Waals surface area contributed by atoms with Crippen LogP contribution in [0.4, 0.5) is 4.79 Å². The molecule has 1 aliphatic rings. The van der Waals surface area contributed by atoms with Crippen LogP contribution in [0.2, 0.25) is 0 Å². The summed E-state index contributed by atoms with van der Waals surface area (Å²) in [4.78, 5) is 11.6. The van der Waals surface area contributed by atoms with Gasteiger partial charge in [-0.3, -0.25) is 0 Å². The number of carbonyl (C=O) groups excluding carboxylic acids is 1. The van der Waals surface area contributed by atoms with Crippen LogP contribution >= 0.6 is 0 Å². The fraction of sp³-hybridized carbons (Fsp3) is 0.462. The van der Waals surface area contributed by atoms with Gasteiger partial charge in [-0.1, -0.05) is 24.3 Å². The van der Waals surface area contributed by atoms with Gasteiger partial charge in [0.25, 0.3) is 0 Å². The van der Waals surface area contributed by atoms with Crippen molar-refractivity contribution in [2.45, 2.75) is 25.9 Å². The zero-order valence-electron chi connectivity index (χ0n) is 10.1. The Labute approximate surface area is 102 Å². The third kappa shape index (κ3) is 3.46. The Bertz CT molecular complexity index is 386. The Kier molecular flexibility index (Phi) is 3.98. The lowest BCUT2D eigenvalue weighted by Crippen LogP contribution is -2.42. The number of amides is 2. The molecule has 1 saturated heterocycles. The zero-order chi connectivity index (χ0) is 12.1. The van der Waals surface area contributed by atoms with Gasteiger partial charge in [0, 0.05) is 19.1 Å². The van der Waals surface area contributed by atoms with E-state index in [1.54, 1.807) is 0 Å². The minimum atomic E-state index is -0.0815. The highest BCUT2D eigenvalue weighted by Gasteiger charge is 2.16. The molecule has 0 radical (unpaired) electrons. The van der Waals surface area contributed by atoms with Crippen LogP contribution in [0, 0.1) is 6.92 Å². The smallest absolute Gasteiger partial charge is 0.315 e. The van der Waals surface area contributed by atoms with Crippen molar-refractivity contribution in [3.8, 4) is 0 Å². The highest BCUT2D eigenvalue weighted by molar-refractivity contribution is 5.74. The number of aryl methyl sites for hydroxylation is 1. The highest BCUT2D eigenvalue weighted by Crippen LogP contribution is 2.06. The van der Waals surface area contributed by atoms with Crippen molar-refractivity contribution < 1.29 is 4.79 Å². The topological polar surface area (TPSA) is 53.2 Å². The van der Waals surface area contributed by atoms with E-state index in [9.17, 15) is 4.79 Å². The van der Waals surface area contributed by atoms with E-state index in [-0.39, 0.29) is 12.1 Å². The van der Waals surface area contributed by atoms with E-state index in [4.69, 9.17) is 0 Å². The summed E-state index contributed by atoms with van der Waals surface area (Å²) in [6.07, 6.45) is 1.01. The first kappa shape index (κ1) is 11.9. The zero-order valence-corrected chi connectivity index (χ0v) is 10.1. The van der Waals surface area contributed by atoms with Gasteiger partial charge >= 0.3 is 6.03 Å². The molecule has 0 spiro atoms. The van der Waals surface area contributed by atoms with Crippen LogP contribution in [0.25, 0.3) is 0 Å². The van der Waals surface area contributed by atoms with E-state index in [2.05, 4.69) is 28.9 Å². The second-order valence-electron chi connectivity index (χ2n) is 4.44. The lowest BCUT2D eigenvalue weighted by Gasteiger charge is -2.13. The van der Waals surface area contributed by atoms with Crippen molar-refractivity contribution in [1.29, 1.82) is 0 Å². The number of hydrogen-bond donors (Lipinski definition) is 3.